The lowest BCUT2D eigenvalue weighted by Gasteiger charge is -2.24. The number of rotatable bonds is 2. The fraction of sp³-hybridized carbons (Fsp3) is 0.455. The molecule has 1 aromatic carbocycles. The third-order valence-electron chi connectivity index (χ3n) is 2.91. The standard InChI is InChI=1S/C11H12BrF2NO2S/c12-9-5-7(13)6-10(14)11(9)15-8-1-3-18(16,17)4-2-8/h5-6,8,15H,1-4H2. The van der Waals surface area contributed by atoms with Crippen molar-refractivity contribution in [1.29, 1.82) is 0 Å². The van der Waals surface area contributed by atoms with Gasteiger partial charge in [0.1, 0.15) is 21.5 Å². The average molecular weight is 340 g/mol. The molecule has 1 aliphatic heterocycles. The SMILES string of the molecule is O=S1(=O)CCC(Nc2c(F)cc(F)cc2Br)CC1. The summed E-state index contributed by atoms with van der Waals surface area (Å²) in [7, 11) is -2.94. The summed E-state index contributed by atoms with van der Waals surface area (Å²) in [6.07, 6.45) is 0.872. The van der Waals surface area contributed by atoms with Gasteiger partial charge in [0.25, 0.3) is 0 Å². The van der Waals surface area contributed by atoms with Crippen LogP contribution in [0.25, 0.3) is 0 Å². The summed E-state index contributed by atoms with van der Waals surface area (Å²) >= 11 is 3.09. The Balaban J connectivity index is 2.11. The third kappa shape index (κ3) is 3.20. The number of benzene rings is 1. The van der Waals surface area contributed by atoms with Gasteiger partial charge >= 0.3 is 0 Å². The van der Waals surface area contributed by atoms with E-state index in [4.69, 9.17) is 0 Å². The highest BCUT2D eigenvalue weighted by Crippen LogP contribution is 2.29. The minimum Gasteiger partial charge on any atom is -0.379 e. The highest BCUT2D eigenvalue weighted by Gasteiger charge is 2.24. The third-order valence-corrected chi connectivity index (χ3v) is 5.25. The Morgan fingerprint density at radius 2 is 1.83 bits per heavy atom. The Morgan fingerprint density at radius 3 is 2.39 bits per heavy atom. The molecule has 0 aliphatic carbocycles. The smallest absolute Gasteiger partial charge is 0.150 e. The van der Waals surface area contributed by atoms with Gasteiger partial charge in [-0.25, -0.2) is 17.2 Å². The molecular weight excluding hydrogens is 328 g/mol. The summed E-state index contributed by atoms with van der Waals surface area (Å²) in [5, 5.41) is 2.93. The highest BCUT2D eigenvalue weighted by atomic mass is 79.9. The summed E-state index contributed by atoms with van der Waals surface area (Å²) in [5.41, 5.74) is 0.181. The molecule has 0 bridgehead atoms. The lowest BCUT2D eigenvalue weighted by atomic mass is 10.1. The molecule has 0 unspecified atom stereocenters. The van der Waals surface area contributed by atoms with Crippen LogP contribution in [0.15, 0.2) is 16.6 Å². The molecule has 1 heterocycles. The summed E-state index contributed by atoms with van der Waals surface area (Å²) in [6.45, 7) is 0. The fourth-order valence-corrected chi connectivity index (χ4v) is 3.93. The molecular formula is C11H12BrF2NO2S. The van der Waals surface area contributed by atoms with Gasteiger partial charge in [-0.2, -0.15) is 0 Å². The minimum atomic E-state index is -2.94. The largest absolute Gasteiger partial charge is 0.379 e. The van der Waals surface area contributed by atoms with Gasteiger partial charge in [0.2, 0.25) is 0 Å². The first-order valence-electron chi connectivity index (χ1n) is 5.49. The molecule has 100 valence electrons. The lowest BCUT2D eigenvalue weighted by Crippen LogP contribution is -2.32. The number of sulfone groups is 1. The topological polar surface area (TPSA) is 46.2 Å². The lowest BCUT2D eigenvalue weighted by molar-refractivity contribution is 0.554. The maximum absolute atomic E-state index is 13.6. The second kappa shape index (κ2) is 5.13. The molecule has 1 fully saturated rings. The van der Waals surface area contributed by atoms with E-state index in [0.717, 1.165) is 6.07 Å². The van der Waals surface area contributed by atoms with Crippen molar-refractivity contribution in [3.8, 4) is 0 Å². The Hall–Kier alpha value is -0.690. The van der Waals surface area contributed by atoms with Gasteiger partial charge < -0.3 is 5.32 Å². The van der Waals surface area contributed by atoms with E-state index in [1.54, 1.807) is 0 Å². The average Bonchev–Trinajstić information content (AvgIpc) is 2.25. The van der Waals surface area contributed by atoms with Gasteiger partial charge in [0.15, 0.2) is 0 Å². The first-order valence-corrected chi connectivity index (χ1v) is 8.10. The molecule has 0 amide bonds. The molecule has 1 N–H and O–H groups in total. The monoisotopic (exact) mass is 339 g/mol. The quantitative estimate of drug-likeness (QED) is 0.901. The Labute approximate surface area is 113 Å². The zero-order valence-corrected chi connectivity index (χ0v) is 11.8. The molecule has 0 aromatic heterocycles. The first kappa shape index (κ1) is 13.7. The van der Waals surface area contributed by atoms with Crippen molar-refractivity contribution in [2.24, 2.45) is 0 Å². The van der Waals surface area contributed by atoms with E-state index in [-0.39, 0.29) is 23.2 Å². The predicted molar refractivity (Wildman–Crippen MR) is 69.4 cm³/mol. The molecule has 0 saturated carbocycles. The normalized spacial score (nSPS) is 19.7. The van der Waals surface area contributed by atoms with Gasteiger partial charge in [-0.05, 0) is 34.8 Å². The zero-order valence-electron chi connectivity index (χ0n) is 9.42. The van der Waals surface area contributed by atoms with Crippen LogP contribution in [0.5, 0.6) is 0 Å². The van der Waals surface area contributed by atoms with Gasteiger partial charge in [0, 0.05) is 16.6 Å². The maximum atomic E-state index is 13.6. The molecule has 1 aliphatic rings. The van der Waals surface area contributed by atoms with Crippen molar-refractivity contribution < 1.29 is 17.2 Å². The molecule has 0 spiro atoms. The summed E-state index contributed by atoms with van der Waals surface area (Å²) < 4.78 is 49.3. The minimum absolute atomic E-state index is 0.102. The van der Waals surface area contributed by atoms with Gasteiger partial charge in [0.05, 0.1) is 17.2 Å². The molecule has 1 aromatic rings. The highest BCUT2D eigenvalue weighted by molar-refractivity contribution is 9.10. The first-order chi connectivity index (χ1) is 8.37. The second-order valence-electron chi connectivity index (χ2n) is 4.31. The van der Waals surface area contributed by atoms with Gasteiger partial charge in [-0.1, -0.05) is 0 Å². The van der Waals surface area contributed by atoms with E-state index in [0.29, 0.717) is 17.3 Å². The van der Waals surface area contributed by atoms with Crippen molar-refractivity contribution in [2.75, 3.05) is 16.8 Å². The van der Waals surface area contributed by atoms with Crippen LogP contribution in [0.1, 0.15) is 12.8 Å². The number of nitrogens with one attached hydrogen (secondary N) is 1. The van der Waals surface area contributed by atoms with Gasteiger partial charge in [-0.15, -0.1) is 0 Å². The molecule has 18 heavy (non-hydrogen) atoms. The van der Waals surface area contributed by atoms with Crippen molar-refractivity contribution >= 4 is 31.5 Å². The molecule has 0 radical (unpaired) electrons. The molecule has 0 atom stereocenters. The molecule has 1 saturated heterocycles. The number of anilines is 1. The van der Waals surface area contributed by atoms with Crippen molar-refractivity contribution in [3.63, 3.8) is 0 Å². The molecule has 7 heteroatoms. The fourth-order valence-electron chi connectivity index (χ4n) is 1.92. The maximum Gasteiger partial charge on any atom is 0.150 e. The van der Waals surface area contributed by atoms with E-state index in [2.05, 4.69) is 21.2 Å². The van der Waals surface area contributed by atoms with E-state index in [1.165, 1.54) is 6.07 Å². The van der Waals surface area contributed by atoms with Crippen molar-refractivity contribution in [3.05, 3.63) is 28.2 Å². The van der Waals surface area contributed by atoms with Crippen LogP contribution in [0.4, 0.5) is 14.5 Å². The number of hydrogen-bond donors (Lipinski definition) is 1. The van der Waals surface area contributed by atoms with E-state index < -0.39 is 21.5 Å². The van der Waals surface area contributed by atoms with E-state index >= 15 is 0 Å². The van der Waals surface area contributed by atoms with Gasteiger partial charge in [-0.3, -0.25) is 0 Å². The summed E-state index contributed by atoms with van der Waals surface area (Å²) in [5.74, 6) is -1.14. The van der Waals surface area contributed by atoms with Crippen molar-refractivity contribution in [1.82, 2.24) is 0 Å². The Kier molecular flexibility index (Phi) is 3.91. The van der Waals surface area contributed by atoms with E-state index in [9.17, 15) is 17.2 Å². The van der Waals surface area contributed by atoms with Crippen LogP contribution in [0.3, 0.4) is 0 Å². The Morgan fingerprint density at radius 1 is 1.22 bits per heavy atom. The summed E-state index contributed by atoms with van der Waals surface area (Å²) in [4.78, 5) is 0. The van der Waals surface area contributed by atoms with Crippen LogP contribution in [0, 0.1) is 11.6 Å². The molecule has 3 nitrogen and oxygen atoms in total. The predicted octanol–water partition coefficient (Wildman–Crippen LogP) is 2.72. The van der Waals surface area contributed by atoms with Crippen LogP contribution in [-0.4, -0.2) is 26.0 Å². The number of halogens is 3. The van der Waals surface area contributed by atoms with Crippen LogP contribution >= 0.6 is 15.9 Å². The second-order valence-corrected chi connectivity index (χ2v) is 7.47. The van der Waals surface area contributed by atoms with Crippen molar-refractivity contribution in [2.45, 2.75) is 18.9 Å². The van der Waals surface area contributed by atoms with Crippen LogP contribution in [-0.2, 0) is 9.84 Å². The van der Waals surface area contributed by atoms with E-state index in [1.807, 2.05) is 0 Å². The summed E-state index contributed by atoms with van der Waals surface area (Å²) in [6, 6.07) is 1.86. The Bertz CT molecular complexity index is 525. The van der Waals surface area contributed by atoms with Crippen LogP contribution in [0.2, 0.25) is 0 Å². The molecule has 2 rings (SSSR count). The number of hydrogen-bond acceptors (Lipinski definition) is 3. The van der Waals surface area contributed by atoms with Crippen LogP contribution < -0.4 is 5.32 Å². The zero-order chi connectivity index (χ0) is 13.3.